The number of rotatable bonds is 6. The van der Waals surface area contributed by atoms with Gasteiger partial charge in [-0.2, -0.15) is 8.78 Å². The number of esters is 2. The van der Waals surface area contributed by atoms with E-state index in [1.807, 2.05) is 0 Å². The van der Waals surface area contributed by atoms with Crippen LogP contribution in [-0.2, 0) is 29.2 Å². The van der Waals surface area contributed by atoms with Gasteiger partial charge in [-0.1, -0.05) is 6.58 Å². The fourth-order valence-electron chi connectivity index (χ4n) is 0.467. The Morgan fingerprint density at radius 3 is 2.29 bits per heavy atom. The highest BCUT2D eigenvalue weighted by molar-refractivity contribution is 7.86. The standard InChI is InChI=1S/C7H8F2O7S/c1-2-5(10)15-3-6(11)16-4-7(8,9)17(12,13)14/h2H,1,3-4H2,(H,12,13,14)/p-1. The van der Waals surface area contributed by atoms with Gasteiger partial charge in [0.1, 0.15) is 0 Å². The normalized spacial score (nSPS) is 11.7. The van der Waals surface area contributed by atoms with Crippen molar-refractivity contribution < 1.29 is 40.8 Å². The molecule has 0 heterocycles. The second-order valence-electron chi connectivity index (χ2n) is 2.56. The van der Waals surface area contributed by atoms with Crippen molar-refractivity contribution in [3.05, 3.63) is 12.7 Å². The summed E-state index contributed by atoms with van der Waals surface area (Å²) in [6, 6.07) is 0. The molecular formula is C7H7F2O7S-. The summed E-state index contributed by atoms with van der Waals surface area (Å²) in [5.74, 6) is -2.42. The molecule has 7 nitrogen and oxygen atoms in total. The minimum absolute atomic E-state index is 0.712. The fraction of sp³-hybridized carbons (Fsp3) is 0.429. The Bertz CT molecular complexity index is 414. The molecular weight excluding hydrogens is 266 g/mol. The summed E-state index contributed by atoms with van der Waals surface area (Å²) >= 11 is 0. The minimum atomic E-state index is -5.92. The molecule has 0 spiro atoms. The van der Waals surface area contributed by atoms with Gasteiger partial charge in [0.25, 0.3) is 0 Å². The molecule has 0 saturated carbocycles. The lowest BCUT2D eigenvalue weighted by Crippen LogP contribution is -2.35. The summed E-state index contributed by atoms with van der Waals surface area (Å²) in [5.41, 5.74) is 0. The number of alkyl halides is 2. The Balaban J connectivity index is 4.18. The molecule has 0 aliphatic carbocycles. The first kappa shape index (κ1) is 15.4. The quantitative estimate of drug-likeness (QED) is 0.361. The molecule has 0 rings (SSSR count). The summed E-state index contributed by atoms with van der Waals surface area (Å²) in [7, 11) is -5.92. The highest BCUT2D eigenvalue weighted by atomic mass is 32.2. The number of hydrogen-bond donors (Lipinski definition) is 0. The number of hydrogen-bond acceptors (Lipinski definition) is 7. The van der Waals surface area contributed by atoms with Crippen LogP contribution < -0.4 is 0 Å². The van der Waals surface area contributed by atoms with Crippen LogP contribution in [0.25, 0.3) is 0 Å². The lowest BCUT2D eigenvalue weighted by molar-refractivity contribution is -0.160. The van der Waals surface area contributed by atoms with Crippen LogP contribution in [0.15, 0.2) is 12.7 Å². The van der Waals surface area contributed by atoms with E-state index in [-0.39, 0.29) is 0 Å². The van der Waals surface area contributed by atoms with Crippen LogP contribution in [0, 0.1) is 0 Å². The number of ether oxygens (including phenoxy) is 2. The monoisotopic (exact) mass is 273 g/mol. The second kappa shape index (κ2) is 5.68. The third-order valence-electron chi connectivity index (χ3n) is 1.27. The van der Waals surface area contributed by atoms with Crippen LogP contribution in [0.5, 0.6) is 0 Å². The average Bonchev–Trinajstić information content (AvgIpc) is 2.21. The summed E-state index contributed by atoms with van der Waals surface area (Å²) in [6.07, 6.45) is 0.712. The van der Waals surface area contributed by atoms with Crippen molar-refractivity contribution >= 4 is 22.1 Å². The zero-order valence-corrected chi connectivity index (χ0v) is 9.04. The van der Waals surface area contributed by atoms with Crippen LogP contribution in [0.3, 0.4) is 0 Å². The van der Waals surface area contributed by atoms with E-state index < -0.39 is 40.5 Å². The molecule has 98 valence electrons. The van der Waals surface area contributed by atoms with Crippen molar-refractivity contribution in [2.45, 2.75) is 5.25 Å². The van der Waals surface area contributed by atoms with Gasteiger partial charge in [-0.3, -0.25) is 0 Å². The number of carbonyl (C=O) groups is 2. The third kappa shape index (κ3) is 5.36. The van der Waals surface area contributed by atoms with E-state index >= 15 is 0 Å². The van der Waals surface area contributed by atoms with E-state index in [0.717, 1.165) is 0 Å². The molecule has 0 aromatic carbocycles. The van der Waals surface area contributed by atoms with E-state index in [4.69, 9.17) is 0 Å². The third-order valence-corrected chi connectivity index (χ3v) is 2.12. The lowest BCUT2D eigenvalue weighted by Gasteiger charge is -2.19. The second-order valence-corrected chi connectivity index (χ2v) is 4.07. The van der Waals surface area contributed by atoms with Gasteiger partial charge in [0.15, 0.2) is 23.3 Å². The minimum Gasteiger partial charge on any atom is -0.743 e. The average molecular weight is 273 g/mol. The molecule has 10 heteroatoms. The zero-order chi connectivity index (χ0) is 13.7. The molecule has 0 aromatic rings. The van der Waals surface area contributed by atoms with Crippen molar-refractivity contribution in [2.24, 2.45) is 0 Å². The molecule has 0 aromatic heterocycles. The van der Waals surface area contributed by atoms with Gasteiger partial charge in [-0.25, -0.2) is 18.0 Å². The SMILES string of the molecule is C=CC(=O)OCC(=O)OCC(F)(F)S(=O)(=O)[O-]. The van der Waals surface area contributed by atoms with E-state index in [2.05, 4.69) is 16.1 Å². The van der Waals surface area contributed by atoms with Crippen LogP contribution in [0.2, 0.25) is 0 Å². The Morgan fingerprint density at radius 1 is 1.35 bits per heavy atom. The van der Waals surface area contributed by atoms with Gasteiger partial charge >= 0.3 is 17.2 Å². The van der Waals surface area contributed by atoms with Gasteiger partial charge < -0.3 is 14.0 Å². The molecule has 0 bridgehead atoms. The molecule has 0 amide bonds. The summed E-state index contributed by atoms with van der Waals surface area (Å²) in [6.45, 7) is 0.0475. The van der Waals surface area contributed by atoms with Gasteiger partial charge in [-0.05, 0) is 0 Å². The molecule has 0 aliphatic rings. The first-order valence-electron chi connectivity index (χ1n) is 3.88. The van der Waals surface area contributed by atoms with Crippen LogP contribution in [0.1, 0.15) is 0 Å². The van der Waals surface area contributed by atoms with Crippen LogP contribution in [0.4, 0.5) is 8.78 Å². The number of halogens is 2. The Kier molecular flexibility index (Phi) is 5.16. The molecule has 0 saturated heterocycles. The van der Waals surface area contributed by atoms with Gasteiger partial charge in [0.05, 0.1) is 0 Å². The predicted octanol–water partition coefficient (Wildman–Crippen LogP) is -0.603. The topological polar surface area (TPSA) is 110 Å². The van der Waals surface area contributed by atoms with E-state index in [0.29, 0.717) is 6.08 Å². The first-order chi connectivity index (χ1) is 7.60. The van der Waals surface area contributed by atoms with Crippen LogP contribution in [-0.4, -0.2) is 43.4 Å². The molecule has 0 fully saturated rings. The molecule has 0 N–H and O–H groups in total. The highest BCUT2D eigenvalue weighted by Crippen LogP contribution is 2.20. The largest absolute Gasteiger partial charge is 0.743 e. The van der Waals surface area contributed by atoms with Crippen molar-refractivity contribution in [2.75, 3.05) is 13.2 Å². The molecule has 0 radical (unpaired) electrons. The smallest absolute Gasteiger partial charge is 0.367 e. The number of carbonyl (C=O) groups excluding carboxylic acids is 2. The van der Waals surface area contributed by atoms with E-state index in [9.17, 15) is 31.3 Å². The van der Waals surface area contributed by atoms with E-state index in [1.54, 1.807) is 0 Å². The molecule has 17 heavy (non-hydrogen) atoms. The first-order valence-corrected chi connectivity index (χ1v) is 5.29. The Hall–Kier alpha value is -1.55. The van der Waals surface area contributed by atoms with Crippen molar-refractivity contribution in [1.82, 2.24) is 0 Å². The Morgan fingerprint density at radius 2 is 1.88 bits per heavy atom. The summed E-state index contributed by atoms with van der Waals surface area (Å²) in [4.78, 5) is 21.1. The maximum Gasteiger partial charge on any atom is 0.367 e. The van der Waals surface area contributed by atoms with Gasteiger partial charge in [0, 0.05) is 6.08 Å². The summed E-state index contributed by atoms with van der Waals surface area (Å²) in [5, 5.41) is -4.73. The molecule has 0 unspecified atom stereocenters. The maximum absolute atomic E-state index is 12.5. The fourth-order valence-corrected chi connectivity index (χ4v) is 0.671. The predicted molar refractivity (Wildman–Crippen MR) is 46.8 cm³/mol. The Labute approximate surface area is 94.7 Å². The van der Waals surface area contributed by atoms with Gasteiger partial charge in [-0.15, -0.1) is 0 Å². The maximum atomic E-state index is 12.5. The zero-order valence-electron chi connectivity index (χ0n) is 8.22. The van der Waals surface area contributed by atoms with Crippen molar-refractivity contribution in [1.29, 1.82) is 0 Å². The van der Waals surface area contributed by atoms with E-state index in [1.165, 1.54) is 0 Å². The van der Waals surface area contributed by atoms with Crippen molar-refractivity contribution in [3.63, 3.8) is 0 Å². The van der Waals surface area contributed by atoms with Crippen LogP contribution >= 0.6 is 0 Å². The van der Waals surface area contributed by atoms with Crippen molar-refractivity contribution in [3.8, 4) is 0 Å². The highest BCUT2D eigenvalue weighted by Gasteiger charge is 2.39. The molecule has 0 aliphatic heterocycles. The van der Waals surface area contributed by atoms with Gasteiger partial charge in [0.2, 0.25) is 0 Å². The summed E-state index contributed by atoms with van der Waals surface area (Å²) < 4.78 is 62.7. The molecule has 0 atom stereocenters. The lowest BCUT2D eigenvalue weighted by atomic mass is 10.6.